The lowest BCUT2D eigenvalue weighted by Crippen LogP contribution is -2.63. The average Bonchev–Trinajstić information content (AvgIpc) is 3.62. The molecule has 2 saturated heterocycles. The van der Waals surface area contributed by atoms with Crippen molar-refractivity contribution in [2.24, 2.45) is 0 Å². The van der Waals surface area contributed by atoms with Gasteiger partial charge in [0.25, 0.3) is 5.91 Å². The van der Waals surface area contributed by atoms with Gasteiger partial charge in [0.1, 0.15) is 46.7 Å². The number of amides is 2. The van der Waals surface area contributed by atoms with Gasteiger partial charge >= 0.3 is 0 Å². The molecule has 2 amide bonds. The first kappa shape index (κ1) is 33.3. The van der Waals surface area contributed by atoms with Crippen molar-refractivity contribution >= 4 is 45.0 Å². The number of hydrogen-bond donors (Lipinski definition) is 3. The van der Waals surface area contributed by atoms with Crippen molar-refractivity contribution in [3.8, 4) is 11.3 Å². The van der Waals surface area contributed by atoms with Gasteiger partial charge in [-0.3, -0.25) is 9.59 Å². The van der Waals surface area contributed by atoms with Crippen LogP contribution in [0.25, 0.3) is 11.3 Å². The number of anilines is 1. The molecule has 0 spiro atoms. The second-order valence-electron chi connectivity index (χ2n) is 11.1. The van der Waals surface area contributed by atoms with Crippen LogP contribution in [0.3, 0.4) is 0 Å². The Hall–Kier alpha value is -3.05. The number of aliphatic hydroxyl groups excluding tert-OH is 3. The quantitative estimate of drug-likeness (QED) is 0.313. The molecule has 0 unspecified atom stereocenters. The van der Waals surface area contributed by atoms with Crippen molar-refractivity contribution in [3.63, 3.8) is 0 Å². The largest absolute Gasteiger partial charge is 0.394 e. The Labute approximate surface area is 270 Å². The third-order valence-electron chi connectivity index (χ3n) is 8.06. The highest BCUT2D eigenvalue weighted by molar-refractivity contribution is 9.10. The summed E-state index contributed by atoms with van der Waals surface area (Å²) in [6.45, 7) is 2.55. The molecule has 2 aliphatic rings. The summed E-state index contributed by atoms with van der Waals surface area (Å²) in [5, 5.41) is 39.8. The number of aromatic nitrogens is 3. The number of β-amino-alcohol motifs (C(OH)–C–C–N with tert-alkyl or cyclic N) is 1. The molecular weight excluding hydrogens is 684 g/mol. The first-order chi connectivity index (χ1) is 21.3. The van der Waals surface area contributed by atoms with Gasteiger partial charge in [-0.25, -0.2) is 13.5 Å². The molecular formula is C29H31BrClF2N5O7. The van der Waals surface area contributed by atoms with E-state index in [-0.39, 0.29) is 30.3 Å². The highest BCUT2D eigenvalue weighted by atomic mass is 79.9. The zero-order valence-corrected chi connectivity index (χ0v) is 26.7. The van der Waals surface area contributed by atoms with E-state index in [1.54, 1.807) is 12.1 Å². The molecule has 16 heteroatoms. The lowest BCUT2D eigenvalue weighted by molar-refractivity contribution is -0.211. The summed E-state index contributed by atoms with van der Waals surface area (Å²) in [5.41, 5.74) is 1.25. The van der Waals surface area contributed by atoms with Crippen LogP contribution in [0.2, 0.25) is 5.02 Å². The van der Waals surface area contributed by atoms with E-state index < -0.39 is 71.8 Å². The van der Waals surface area contributed by atoms with Gasteiger partial charge in [-0.15, -0.1) is 5.10 Å². The molecule has 2 fully saturated rings. The van der Waals surface area contributed by atoms with E-state index in [0.29, 0.717) is 10.2 Å². The van der Waals surface area contributed by atoms with Gasteiger partial charge in [-0.1, -0.05) is 32.7 Å². The molecule has 7 atom stereocenters. The number of benzene rings is 2. The number of carbonyl (C=O) groups excluding carboxylic acids is 2. The van der Waals surface area contributed by atoms with Crippen molar-refractivity contribution in [1.29, 1.82) is 0 Å². The third-order valence-corrected chi connectivity index (χ3v) is 8.88. The molecule has 3 N–H and O–H groups in total. The number of nitrogens with zero attached hydrogens (tertiary/aromatic N) is 5. The minimum Gasteiger partial charge on any atom is -0.394 e. The maximum absolute atomic E-state index is 14.6. The summed E-state index contributed by atoms with van der Waals surface area (Å²) in [4.78, 5) is 29.5. The molecule has 0 radical (unpaired) electrons. The average molecular weight is 715 g/mol. The number of carbonyl (C=O) groups is 2. The van der Waals surface area contributed by atoms with Crippen LogP contribution in [0.5, 0.6) is 0 Å². The van der Waals surface area contributed by atoms with E-state index in [1.165, 1.54) is 34.7 Å². The Balaban J connectivity index is 1.56. The molecule has 3 aromatic rings. The number of likely N-dealkylation sites (tertiary alicyclic amines) is 1. The van der Waals surface area contributed by atoms with Crippen LogP contribution >= 0.6 is 27.5 Å². The smallest absolute Gasteiger partial charge is 0.259 e. The lowest BCUT2D eigenvalue weighted by Gasteiger charge is -2.45. The van der Waals surface area contributed by atoms with Gasteiger partial charge in [0.05, 0.1) is 24.9 Å². The summed E-state index contributed by atoms with van der Waals surface area (Å²) < 4.78 is 41.9. The van der Waals surface area contributed by atoms with E-state index >= 15 is 0 Å². The van der Waals surface area contributed by atoms with E-state index in [1.807, 2.05) is 13.0 Å². The molecule has 2 aliphatic heterocycles. The summed E-state index contributed by atoms with van der Waals surface area (Å²) in [7, 11) is 1.30. The van der Waals surface area contributed by atoms with Crippen molar-refractivity contribution in [2.45, 2.75) is 56.5 Å². The van der Waals surface area contributed by atoms with Crippen molar-refractivity contribution in [1.82, 2.24) is 19.9 Å². The number of halogens is 4. The van der Waals surface area contributed by atoms with Crippen LogP contribution in [0, 0.1) is 18.6 Å². The Morgan fingerprint density at radius 3 is 2.44 bits per heavy atom. The molecule has 45 heavy (non-hydrogen) atoms. The molecule has 0 saturated carbocycles. The highest BCUT2D eigenvalue weighted by Crippen LogP contribution is 2.36. The molecule has 12 nitrogen and oxygen atoms in total. The maximum atomic E-state index is 14.6. The summed E-state index contributed by atoms with van der Waals surface area (Å²) in [6.07, 6.45) is -5.25. The molecule has 2 aromatic carbocycles. The second kappa shape index (κ2) is 13.4. The van der Waals surface area contributed by atoms with E-state index in [0.717, 1.165) is 17.7 Å². The minimum absolute atomic E-state index is 0.00419. The van der Waals surface area contributed by atoms with Crippen LogP contribution in [0.4, 0.5) is 14.5 Å². The van der Waals surface area contributed by atoms with Crippen LogP contribution < -0.4 is 4.90 Å². The molecule has 1 aromatic heterocycles. The molecule has 242 valence electrons. The minimum atomic E-state index is -1.47. The van der Waals surface area contributed by atoms with E-state index in [2.05, 4.69) is 26.2 Å². The Morgan fingerprint density at radius 1 is 1.18 bits per heavy atom. The monoisotopic (exact) mass is 713 g/mol. The van der Waals surface area contributed by atoms with Crippen molar-refractivity contribution in [3.05, 3.63) is 63.2 Å². The zero-order valence-electron chi connectivity index (χ0n) is 24.3. The molecule has 0 aliphatic carbocycles. The van der Waals surface area contributed by atoms with E-state index in [9.17, 15) is 33.7 Å². The normalized spacial score (nSPS) is 26.7. The number of ether oxygens (including phenoxy) is 2. The summed E-state index contributed by atoms with van der Waals surface area (Å²) in [6, 6.07) is 5.16. The maximum Gasteiger partial charge on any atom is 0.259 e. The fraction of sp³-hybridized carbons (Fsp3) is 0.448. The molecule has 0 bridgehead atoms. The predicted octanol–water partition coefficient (Wildman–Crippen LogP) is 2.25. The standard InChI is InChI=1S/C29H31BrClF2N5O7/c1-13-4-16(30)8-17(5-13)38(21-10-36(14(2)40)11-22(21)41)29(43)28-27(44-3)25(26(42)23(12-39)45-28)37-9-20(34-35-37)15-6-18(32)24(31)19(33)7-15/h4-9,21-23,25-28,39,41-42H,10-12H2,1-3H3/t21-,22-,23-,25+,26+,27-,28-/m1/s1. The van der Waals surface area contributed by atoms with Crippen molar-refractivity contribution < 1.29 is 43.2 Å². The first-order valence-corrected chi connectivity index (χ1v) is 15.1. The van der Waals surface area contributed by atoms with Crippen LogP contribution in [-0.4, -0.2) is 110 Å². The van der Waals surface area contributed by atoms with Crippen LogP contribution in [0.15, 0.2) is 41.0 Å². The summed E-state index contributed by atoms with van der Waals surface area (Å²) >= 11 is 9.07. The van der Waals surface area contributed by atoms with Gasteiger partial charge in [0.15, 0.2) is 6.10 Å². The Bertz CT molecular complexity index is 1550. The number of rotatable bonds is 7. The Morgan fingerprint density at radius 2 is 1.87 bits per heavy atom. The first-order valence-electron chi connectivity index (χ1n) is 13.9. The zero-order chi connectivity index (χ0) is 32.7. The van der Waals surface area contributed by atoms with Gasteiger partial charge in [-0.05, 0) is 42.8 Å². The fourth-order valence-corrected chi connectivity index (χ4v) is 6.58. The Kier molecular flexibility index (Phi) is 9.89. The highest BCUT2D eigenvalue weighted by Gasteiger charge is 2.52. The molecule has 5 rings (SSSR count). The predicted molar refractivity (Wildman–Crippen MR) is 160 cm³/mol. The number of aliphatic hydroxyl groups is 3. The molecule has 3 heterocycles. The van der Waals surface area contributed by atoms with E-state index in [4.69, 9.17) is 21.1 Å². The number of aryl methyl sites for hydroxylation is 1. The second-order valence-corrected chi connectivity index (χ2v) is 12.3. The van der Waals surface area contributed by atoms with Gasteiger partial charge in [0.2, 0.25) is 5.91 Å². The number of methoxy groups -OCH3 is 1. The lowest BCUT2D eigenvalue weighted by atomic mass is 9.91. The summed E-state index contributed by atoms with van der Waals surface area (Å²) in [5.74, 6) is -2.96. The topological polar surface area (TPSA) is 150 Å². The van der Waals surface area contributed by atoms with Gasteiger partial charge in [0, 0.05) is 42.8 Å². The van der Waals surface area contributed by atoms with Crippen LogP contribution in [0.1, 0.15) is 18.5 Å². The van der Waals surface area contributed by atoms with Crippen LogP contribution in [-0.2, 0) is 19.1 Å². The number of hydrogen-bond acceptors (Lipinski definition) is 9. The van der Waals surface area contributed by atoms with Crippen molar-refractivity contribution in [2.75, 3.05) is 31.7 Å². The SMILES string of the molecule is CO[C@@H]1[C@@H](n2cc(-c3cc(F)c(Cl)c(F)c3)nn2)[C@@H](O)[C@@H](CO)O[C@H]1C(=O)N(c1cc(C)cc(Br)c1)[C@@H]1CN(C(C)=O)C[C@H]1O. The fourth-order valence-electron chi connectivity index (χ4n) is 5.87. The van der Waals surface area contributed by atoms with Gasteiger partial charge in [-0.2, -0.15) is 0 Å². The third kappa shape index (κ3) is 6.48. The van der Waals surface area contributed by atoms with Gasteiger partial charge < -0.3 is 34.6 Å².